The second-order valence-electron chi connectivity index (χ2n) is 4.28. The van der Waals surface area contributed by atoms with Crippen molar-refractivity contribution in [3.8, 4) is 0 Å². The van der Waals surface area contributed by atoms with Crippen molar-refractivity contribution in [2.75, 3.05) is 26.5 Å². The molecule has 1 amide bonds. The molecule has 1 fully saturated rings. The zero-order valence-electron chi connectivity index (χ0n) is 12.6. The van der Waals surface area contributed by atoms with Crippen LogP contribution in [0.15, 0.2) is 5.16 Å². The molecular formula is C10H20N3O4PS3. The van der Waals surface area contributed by atoms with Crippen molar-refractivity contribution in [1.29, 1.82) is 0 Å². The highest BCUT2D eigenvalue weighted by atomic mass is 32.5. The summed E-state index contributed by atoms with van der Waals surface area (Å²) in [6.45, 7) is 4.10. The van der Waals surface area contributed by atoms with E-state index in [-0.39, 0.29) is 6.04 Å². The van der Waals surface area contributed by atoms with Crippen LogP contribution in [0.1, 0.15) is 20.8 Å². The lowest BCUT2D eigenvalue weighted by atomic mass is 10.4. The minimum absolute atomic E-state index is 0.0469. The van der Waals surface area contributed by atoms with Crippen LogP contribution in [0.3, 0.4) is 0 Å². The van der Waals surface area contributed by atoms with Crippen molar-refractivity contribution in [3.63, 3.8) is 0 Å². The van der Waals surface area contributed by atoms with Gasteiger partial charge in [-0.2, -0.15) is 4.08 Å². The average molecular weight is 373 g/mol. The minimum atomic E-state index is -2.53. The summed E-state index contributed by atoms with van der Waals surface area (Å²) in [5, 5.41) is 4.37. The molecule has 1 aliphatic rings. The summed E-state index contributed by atoms with van der Waals surface area (Å²) in [6.07, 6.45) is 1.27. The Balaban J connectivity index is 2.67. The van der Waals surface area contributed by atoms with E-state index in [4.69, 9.17) is 25.7 Å². The second-order valence-corrected chi connectivity index (χ2v) is 9.92. The van der Waals surface area contributed by atoms with E-state index in [9.17, 15) is 4.79 Å². The van der Waals surface area contributed by atoms with Gasteiger partial charge in [0.05, 0.1) is 25.3 Å². The standard InChI is InChI=1S/C10H20N3O4PS3/c1-8(2)13(18(19)15-6-7-16-18)21-12(4)10(14)17-11-9(3)20-5/h8H,6-7H2,1-5H3. The maximum atomic E-state index is 11.9. The van der Waals surface area contributed by atoms with Crippen molar-refractivity contribution in [2.45, 2.75) is 26.8 Å². The van der Waals surface area contributed by atoms with Gasteiger partial charge in [0.2, 0.25) is 0 Å². The van der Waals surface area contributed by atoms with Gasteiger partial charge in [-0.15, -0.1) is 11.8 Å². The smallest absolute Gasteiger partial charge is 0.315 e. The maximum absolute atomic E-state index is 11.9. The molecule has 0 N–H and O–H groups in total. The van der Waals surface area contributed by atoms with Crippen LogP contribution in [0.25, 0.3) is 0 Å². The lowest BCUT2D eigenvalue weighted by Crippen LogP contribution is -2.29. The van der Waals surface area contributed by atoms with Crippen molar-refractivity contribution >= 4 is 53.5 Å². The molecule has 0 spiro atoms. The number of nitrogens with zero attached hydrogens (tertiary/aromatic N) is 3. The molecule has 1 rings (SSSR count). The molecule has 1 heterocycles. The molecule has 7 nitrogen and oxygen atoms in total. The van der Waals surface area contributed by atoms with Crippen LogP contribution in [0.5, 0.6) is 0 Å². The molecule has 1 aliphatic heterocycles. The Labute approximate surface area is 139 Å². The molecule has 0 aliphatic carbocycles. The topological polar surface area (TPSA) is 63.6 Å². The molecule has 0 unspecified atom stereocenters. The first kappa shape index (κ1) is 19.2. The Morgan fingerprint density at radius 2 is 2.00 bits per heavy atom. The third-order valence-electron chi connectivity index (χ3n) is 2.29. The van der Waals surface area contributed by atoms with Crippen molar-refractivity contribution in [3.05, 3.63) is 0 Å². The van der Waals surface area contributed by atoms with Crippen LogP contribution >= 0.6 is 30.5 Å². The van der Waals surface area contributed by atoms with Gasteiger partial charge in [-0.25, -0.2) is 9.10 Å². The van der Waals surface area contributed by atoms with Crippen LogP contribution in [-0.2, 0) is 25.7 Å². The molecular weight excluding hydrogens is 353 g/mol. The molecule has 0 aromatic carbocycles. The summed E-state index contributed by atoms with van der Waals surface area (Å²) >= 11 is 7.99. The SMILES string of the molecule is CSC(C)=NOC(=O)N(C)SN(C(C)C)P1(=S)OCCO1. The normalized spacial score (nSPS) is 18.3. The summed E-state index contributed by atoms with van der Waals surface area (Å²) in [5.74, 6) is 0. The van der Waals surface area contributed by atoms with E-state index in [1.807, 2.05) is 20.1 Å². The third-order valence-corrected chi connectivity index (χ3v) is 8.23. The van der Waals surface area contributed by atoms with Crippen LogP contribution < -0.4 is 0 Å². The quantitative estimate of drug-likeness (QED) is 0.182. The lowest BCUT2D eigenvalue weighted by Gasteiger charge is -2.32. The predicted octanol–water partition coefficient (Wildman–Crippen LogP) is 3.30. The largest absolute Gasteiger partial charge is 0.446 e. The highest BCUT2D eigenvalue weighted by Crippen LogP contribution is 2.60. The van der Waals surface area contributed by atoms with Crippen molar-refractivity contribution in [1.82, 2.24) is 8.38 Å². The molecule has 0 aromatic rings. The van der Waals surface area contributed by atoms with Crippen LogP contribution in [0, 0.1) is 0 Å². The number of carbonyl (C=O) groups is 1. The summed E-state index contributed by atoms with van der Waals surface area (Å²) in [5.41, 5.74) is 0. The van der Waals surface area contributed by atoms with Crippen molar-refractivity contribution in [2.24, 2.45) is 5.16 Å². The maximum Gasteiger partial charge on any atom is 0.446 e. The first-order valence-corrected chi connectivity index (χ1v) is 10.7. The van der Waals surface area contributed by atoms with Gasteiger partial charge in [0.15, 0.2) is 0 Å². The molecule has 0 saturated carbocycles. The van der Waals surface area contributed by atoms with E-state index in [1.54, 1.807) is 18.0 Å². The zero-order chi connectivity index (χ0) is 16.0. The first-order chi connectivity index (χ1) is 9.80. The number of thioether (sulfide) groups is 1. The summed E-state index contributed by atoms with van der Waals surface area (Å²) < 4.78 is 14.2. The molecule has 1 saturated heterocycles. The number of hydrogen-bond donors (Lipinski definition) is 0. The monoisotopic (exact) mass is 373 g/mol. The number of carbonyl (C=O) groups excluding carboxylic acids is 1. The van der Waals surface area contributed by atoms with Gasteiger partial charge in [-0.05, 0) is 38.8 Å². The van der Waals surface area contributed by atoms with Gasteiger partial charge in [0.25, 0.3) is 6.64 Å². The molecule has 21 heavy (non-hydrogen) atoms. The molecule has 122 valence electrons. The van der Waals surface area contributed by atoms with Gasteiger partial charge in [-0.3, -0.25) is 4.84 Å². The molecule has 11 heteroatoms. The fraction of sp³-hybridized carbons (Fsp3) is 0.800. The van der Waals surface area contributed by atoms with E-state index in [1.165, 1.54) is 16.1 Å². The Morgan fingerprint density at radius 1 is 1.43 bits per heavy atom. The van der Waals surface area contributed by atoms with Gasteiger partial charge < -0.3 is 9.05 Å². The summed E-state index contributed by atoms with van der Waals surface area (Å²) in [7, 11) is 1.59. The summed E-state index contributed by atoms with van der Waals surface area (Å²) in [4.78, 5) is 16.7. The molecule has 0 radical (unpaired) electrons. The van der Waals surface area contributed by atoms with Crippen LogP contribution in [0.4, 0.5) is 4.79 Å². The number of hydrogen-bond acceptors (Lipinski definition) is 8. The molecule has 0 bridgehead atoms. The van der Waals surface area contributed by atoms with Gasteiger partial charge >= 0.3 is 6.09 Å². The lowest BCUT2D eigenvalue weighted by molar-refractivity contribution is 0.136. The van der Waals surface area contributed by atoms with Crippen LogP contribution in [0.2, 0.25) is 0 Å². The number of amides is 1. The zero-order valence-corrected chi connectivity index (χ0v) is 16.0. The predicted molar refractivity (Wildman–Crippen MR) is 91.6 cm³/mol. The highest BCUT2D eigenvalue weighted by Gasteiger charge is 2.37. The molecule has 0 atom stereocenters. The number of rotatable bonds is 5. The van der Waals surface area contributed by atoms with E-state index in [0.717, 1.165) is 12.1 Å². The molecule has 0 aromatic heterocycles. The Morgan fingerprint density at radius 3 is 2.48 bits per heavy atom. The number of oxime groups is 1. The average Bonchev–Trinajstić information content (AvgIpc) is 2.88. The minimum Gasteiger partial charge on any atom is -0.315 e. The van der Waals surface area contributed by atoms with Gasteiger partial charge in [0.1, 0.15) is 5.04 Å². The first-order valence-electron chi connectivity index (χ1n) is 6.20. The van der Waals surface area contributed by atoms with Gasteiger partial charge in [0, 0.05) is 13.1 Å². The fourth-order valence-electron chi connectivity index (χ4n) is 1.24. The third kappa shape index (κ3) is 5.70. The van der Waals surface area contributed by atoms with Gasteiger partial charge in [-0.1, -0.05) is 5.16 Å². The summed E-state index contributed by atoms with van der Waals surface area (Å²) in [6, 6.07) is 0.0469. The highest BCUT2D eigenvalue weighted by molar-refractivity contribution is 8.15. The fourth-order valence-corrected chi connectivity index (χ4v) is 5.62. The van der Waals surface area contributed by atoms with E-state index >= 15 is 0 Å². The van der Waals surface area contributed by atoms with E-state index < -0.39 is 12.7 Å². The Kier molecular flexibility index (Phi) is 7.97. The van der Waals surface area contributed by atoms with E-state index in [2.05, 4.69) is 5.16 Å². The van der Waals surface area contributed by atoms with Crippen LogP contribution in [-0.4, -0.2) is 52.1 Å². The van der Waals surface area contributed by atoms with Crippen molar-refractivity contribution < 1.29 is 18.7 Å². The van der Waals surface area contributed by atoms with E-state index in [0.29, 0.717) is 18.3 Å². The Bertz CT molecular complexity index is 439. The second kappa shape index (κ2) is 8.71. The Hall–Kier alpha value is 0.170.